The van der Waals surface area contributed by atoms with Gasteiger partial charge in [-0.05, 0) is 77.6 Å². The van der Waals surface area contributed by atoms with Crippen molar-refractivity contribution in [2.75, 3.05) is 0 Å². The van der Waals surface area contributed by atoms with E-state index in [4.69, 9.17) is 0 Å². The molecule has 0 aromatic heterocycles. The van der Waals surface area contributed by atoms with Crippen LogP contribution >= 0.6 is 0 Å². The molecule has 0 aliphatic rings. The summed E-state index contributed by atoms with van der Waals surface area (Å²) in [6, 6.07) is 33.7. The van der Waals surface area contributed by atoms with Gasteiger partial charge in [-0.25, -0.2) is 0 Å². The zero-order valence-corrected chi connectivity index (χ0v) is 18.7. The van der Waals surface area contributed by atoms with Crippen molar-refractivity contribution in [1.29, 1.82) is 0 Å². The second-order valence-corrected chi connectivity index (χ2v) is 7.72. The monoisotopic (exact) mass is 410 g/mol. The summed E-state index contributed by atoms with van der Waals surface area (Å²) in [5, 5.41) is 0. The lowest BCUT2D eigenvalue weighted by Gasteiger charge is -2.05. The van der Waals surface area contributed by atoms with Crippen LogP contribution in [0.25, 0.3) is 11.1 Å². The molecule has 0 heteroatoms. The third-order valence-corrected chi connectivity index (χ3v) is 5.54. The minimum atomic E-state index is 1.01. The van der Waals surface area contributed by atoms with Gasteiger partial charge >= 0.3 is 0 Å². The molecule has 0 bridgehead atoms. The van der Waals surface area contributed by atoms with Gasteiger partial charge < -0.3 is 0 Å². The lowest BCUT2D eigenvalue weighted by atomic mass is 9.98. The molecule has 0 unspecified atom stereocenters. The first-order valence-electron chi connectivity index (χ1n) is 11.2. The summed E-state index contributed by atoms with van der Waals surface area (Å²) in [5.41, 5.74) is 9.06. The van der Waals surface area contributed by atoms with Gasteiger partial charge in [-0.3, -0.25) is 0 Å². The number of hydrogen-bond donors (Lipinski definition) is 0. The maximum absolute atomic E-state index is 3.36. The molecule has 0 nitrogen and oxygen atoms in total. The van der Waals surface area contributed by atoms with E-state index >= 15 is 0 Å². The highest BCUT2D eigenvalue weighted by molar-refractivity contribution is 5.72. The SMILES string of the molecule is CCc1ccc(C#Cc2ccc(-c3ccccc3C#Cc3ccc(CC)cc3)cc2)cc1. The average Bonchev–Trinajstić information content (AvgIpc) is 2.87. The molecule has 4 aromatic rings. The van der Waals surface area contributed by atoms with E-state index in [2.05, 4.69) is 129 Å². The Bertz CT molecular complexity index is 1300. The van der Waals surface area contributed by atoms with Crippen LogP contribution in [0.2, 0.25) is 0 Å². The molecule has 4 rings (SSSR count). The van der Waals surface area contributed by atoms with Crippen LogP contribution in [0.4, 0.5) is 0 Å². The van der Waals surface area contributed by atoms with Gasteiger partial charge in [0.05, 0.1) is 0 Å². The number of rotatable bonds is 3. The lowest BCUT2D eigenvalue weighted by Crippen LogP contribution is -1.85. The van der Waals surface area contributed by atoms with Gasteiger partial charge in [0.2, 0.25) is 0 Å². The van der Waals surface area contributed by atoms with E-state index in [1.165, 1.54) is 11.1 Å². The van der Waals surface area contributed by atoms with E-state index < -0.39 is 0 Å². The van der Waals surface area contributed by atoms with E-state index in [9.17, 15) is 0 Å². The Morgan fingerprint density at radius 2 is 0.906 bits per heavy atom. The summed E-state index contributed by atoms with van der Waals surface area (Å²) in [7, 11) is 0. The third-order valence-electron chi connectivity index (χ3n) is 5.54. The first kappa shape index (κ1) is 21.2. The highest BCUT2D eigenvalue weighted by atomic mass is 14.1. The van der Waals surface area contributed by atoms with E-state index in [1.54, 1.807) is 0 Å². The van der Waals surface area contributed by atoms with Crippen molar-refractivity contribution in [3.8, 4) is 34.8 Å². The Morgan fingerprint density at radius 3 is 1.41 bits per heavy atom. The Balaban J connectivity index is 1.55. The molecule has 0 aliphatic heterocycles. The second kappa shape index (κ2) is 10.3. The summed E-state index contributed by atoms with van der Waals surface area (Å²) in [5.74, 6) is 13.2. The van der Waals surface area contributed by atoms with Crippen molar-refractivity contribution in [3.63, 3.8) is 0 Å². The molecule has 0 saturated carbocycles. The van der Waals surface area contributed by atoms with Gasteiger partial charge in [-0.2, -0.15) is 0 Å². The van der Waals surface area contributed by atoms with Crippen LogP contribution in [0.3, 0.4) is 0 Å². The van der Waals surface area contributed by atoms with Crippen molar-refractivity contribution >= 4 is 0 Å². The van der Waals surface area contributed by atoms with Gasteiger partial charge in [0.25, 0.3) is 0 Å². The molecule has 0 saturated heterocycles. The summed E-state index contributed by atoms with van der Waals surface area (Å²) in [6.45, 7) is 4.33. The van der Waals surface area contributed by atoms with Crippen molar-refractivity contribution in [1.82, 2.24) is 0 Å². The van der Waals surface area contributed by atoms with Crippen LogP contribution < -0.4 is 0 Å². The van der Waals surface area contributed by atoms with Crippen LogP contribution in [-0.2, 0) is 12.8 Å². The van der Waals surface area contributed by atoms with Gasteiger partial charge in [-0.15, -0.1) is 0 Å². The van der Waals surface area contributed by atoms with Crippen LogP contribution in [-0.4, -0.2) is 0 Å². The summed E-state index contributed by atoms with van der Waals surface area (Å²) in [4.78, 5) is 0. The topological polar surface area (TPSA) is 0 Å². The molecule has 0 radical (unpaired) electrons. The normalized spacial score (nSPS) is 9.94. The van der Waals surface area contributed by atoms with Crippen molar-refractivity contribution in [3.05, 3.63) is 130 Å². The van der Waals surface area contributed by atoms with Crippen molar-refractivity contribution < 1.29 is 0 Å². The standard InChI is InChI=1S/C32H26/c1-3-25-9-13-27(14-10-25)17-18-29-20-23-31(24-21-29)32-8-6-5-7-30(32)22-19-28-15-11-26(4-2)12-16-28/h5-16,20-21,23-24H,3-4H2,1-2H3. The predicted molar refractivity (Wildman–Crippen MR) is 135 cm³/mol. The van der Waals surface area contributed by atoms with E-state index in [0.29, 0.717) is 0 Å². The molecule has 0 N–H and O–H groups in total. The highest BCUT2D eigenvalue weighted by Crippen LogP contribution is 2.23. The molecule has 0 fully saturated rings. The largest absolute Gasteiger partial charge is 0.0617 e. The minimum Gasteiger partial charge on any atom is -0.0617 e. The Morgan fingerprint density at radius 1 is 0.469 bits per heavy atom. The number of aryl methyl sites for hydroxylation is 2. The molecule has 4 aromatic carbocycles. The average molecular weight is 411 g/mol. The summed E-state index contributed by atoms with van der Waals surface area (Å²) >= 11 is 0. The molecule has 0 heterocycles. The summed E-state index contributed by atoms with van der Waals surface area (Å²) < 4.78 is 0. The zero-order valence-electron chi connectivity index (χ0n) is 18.7. The van der Waals surface area contributed by atoms with Crippen LogP contribution in [0.15, 0.2) is 97.1 Å². The third kappa shape index (κ3) is 5.37. The molecule has 0 spiro atoms. The summed E-state index contributed by atoms with van der Waals surface area (Å²) in [6.07, 6.45) is 2.09. The maximum atomic E-state index is 3.36. The zero-order chi connectivity index (χ0) is 22.2. The smallest absolute Gasteiger partial charge is 0.0327 e. The maximum Gasteiger partial charge on any atom is 0.0327 e. The first-order chi connectivity index (χ1) is 15.7. The van der Waals surface area contributed by atoms with Crippen molar-refractivity contribution in [2.45, 2.75) is 26.7 Å². The van der Waals surface area contributed by atoms with Gasteiger partial charge in [0.15, 0.2) is 0 Å². The van der Waals surface area contributed by atoms with E-state index in [1.807, 2.05) is 6.07 Å². The van der Waals surface area contributed by atoms with E-state index in [-0.39, 0.29) is 0 Å². The molecule has 154 valence electrons. The lowest BCUT2D eigenvalue weighted by molar-refractivity contribution is 1.14. The Hall–Kier alpha value is -4.00. The van der Waals surface area contributed by atoms with Crippen LogP contribution in [0.1, 0.15) is 47.2 Å². The molecule has 32 heavy (non-hydrogen) atoms. The Kier molecular flexibility index (Phi) is 6.87. The number of benzene rings is 4. The molecular formula is C32H26. The van der Waals surface area contributed by atoms with Gasteiger partial charge in [0.1, 0.15) is 0 Å². The predicted octanol–water partition coefficient (Wildman–Crippen LogP) is 7.28. The van der Waals surface area contributed by atoms with Gasteiger partial charge in [-0.1, -0.05) is 92.1 Å². The first-order valence-corrected chi connectivity index (χ1v) is 11.2. The van der Waals surface area contributed by atoms with E-state index in [0.717, 1.165) is 46.2 Å². The van der Waals surface area contributed by atoms with Gasteiger partial charge in [0, 0.05) is 22.3 Å². The van der Waals surface area contributed by atoms with Crippen molar-refractivity contribution in [2.24, 2.45) is 0 Å². The molecular weight excluding hydrogens is 384 g/mol. The molecule has 0 aliphatic carbocycles. The second-order valence-electron chi connectivity index (χ2n) is 7.72. The minimum absolute atomic E-state index is 1.01. The highest BCUT2D eigenvalue weighted by Gasteiger charge is 2.02. The van der Waals surface area contributed by atoms with Crippen LogP contribution in [0, 0.1) is 23.7 Å². The fourth-order valence-corrected chi connectivity index (χ4v) is 3.51. The fraction of sp³-hybridized carbons (Fsp3) is 0.125. The fourth-order valence-electron chi connectivity index (χ4n) is 3.51. The van der Waals surface area contributed by atoms with Crippen LogP contribution in [0.5, 0.6) is 0 Å². The Labute approximate surface area is 192 Å². The number of hydrogen-bond acceptors (Lipinski definition) is 0. The molecule has 0 atom stereocenters. The quantitative estimate of drug-likeness (QED) is 0.311. The molecule has 0 amide bonds.